The lowest BCUT2D eigenvalue weighted by Crippen LogP contribution is -2.40. The van der Waals surface area contributed by atoms with E-state index in [1.165, 1.54) is 28.6 Å². The molecule has 1 heterocycles. The van der Waals surface area contributed by atoms with Crippen LogP contribution in [0.15, 0.2) is 58.5 Å². The van der Waals surface area contributed by atoms with Gasteiger partial charge in [-0.15, -0.1) is 0 Å². The molecule has 0 unspecified atom stereocenters. The second kappa shape index (κ2) is 11.1. The maximum Gasteiger partial charge on any atom is 0.374 e. The van der Waals surface area contributed by atoms with Crippen LogP contribution < -0.4 is 5.43 Å². The van der Waals surface area contributed by atoms with Crippen molar-refractivity contribution in [2.45, 2.75) is 18.2 Å². The zero-order valence-electron chi connectivity index (χ0n) is 18.8. The van der Waals surface area contributed by atoms with E-state index in [-0.39, 0.29) is 35.7 Å². The number of amides is 1. The average molecular weight is 488 g/mol. The van der Waals surface area contributed by atoms with E-state index in [1.54, 1.807) is 24.3 Å². The van der Waals surface area contributed by atoms with Crippen molar-refractivity contribution in [2.24, 2.45) is 5.10 Å². The summed E-state index contributed by atoms with van der Waals surface area (Å²) in [5.74, 6) is -2.52. The van der Waals surface area contributed by atoms with Crippen molar-refractivity contribution in [3.8, 4) is 0 Å². The Balaban J connectivity index is 1.83. The first-order valence-corrected chi connectivity index (χ1v) is 11.9. The summed E-state index contributed by atoms with van der Waals surface area (Å²) in [7, 11) is -2.68. The smallest absolute Gasteiger partial charge is 0.374 e. The summed E-state index contributed by atoms with van der Waals surface area (Å²) in [6.07, 6.45) is -0.387. The second-order valence-electron chi connectivity index (χ2n) is 7.50. The molecular weight excluding hydrogens is 462 g/mol. The molecule has 2 aromatic carbocycles. The second-order valence-corrected chi connectivity index (χ2v) is 9.44. The molecule has 0 radical (unpaired) electrons. The molecule has 0 bridgehead atoms. The lowest BCUT2D eigenvalue weighted by Gasteiger charge is -2.26. The van der Waals surface area contributed by atoms with Gasteiger partial charge in [0.1, 0.15) is 0 Å². The van der Waals surface area contributed by atoms with Gasteiger partial charge in [-0.2, -0.15) is 9.41 Å². The standard InChI is InChI=1S/C23H25N3O7S/c1-16-6-8-17(9-7-16)20(15-21(27)23(29)32-2)24-25-22(28)18-4-3-5-19(14-18)34(30,31)26-10-12-33-13-11-26/h3-9,14H,10-13,15H2,1-2H3,(H,25,28)/b24-20-. The number of Topliss-reactive ketones (excluding diaryl/α,β-unsaturated/α-hetero) is 1. The predicted molar refractivity (Wildman–Crippen MR) is 123 cm³/mol. The van der Waals surface area contributed by atoms with E-state index in [0.29, 0.717) is 18.8 Å². The number of carbonyl (C=O) groups is 3. The van der Waals surface area contributed by atoms with E-state index >= 15 is 0 Å². The minimum atomic E-state index is -3.78. The van der Waals surface area contributed by atoms with Gasteiger partial charge in [0.25, 0.3) is 5.91 Å². The Morgan fingerprint density at radius 1 is 1.06 bits per heavy atom. The number of ketones is 1. The first-order chi connectivity index (χ1) is 16.2. The Morgan fingerprint density at radius 2 is 1.74 bits per heavy atom. The van der Waals surface area contributed by atoms with E-state index in [0.717, 1.165) is 12.7 Å². The van der Waals surface area contributed by atoms with Crippen molar-refractivity contribution in [3.05, 3.63) is 65.2 Å². The number of rotatable bonds is 8. The normalized spacial score (nSPS) is 14.9. The van der Waals surface area contributed by atoms with E-state index in [2.05, 4.69) is 15.3 Å². The molecule has 1 saturated heterocycles. The predicted octanol–water partition coefficient (Wildman–Crippen LogP) is 1.28. The highest BCUT2D eigenvalue weighted by Gasteiger charge is 2.27. The maximum atomic E-state index is 12.9. The summed E-state index contributed by atoms with van der Waals surface area (Å²) in [5, 5.41) is 4.05. The topological polar surface area (TPSA) is 131 Å². The number of ether oxygens (including phenoxy) is 2. The van der Waals surface area contributed by atoms with E-state index < -0.39 is 27.7 Å². The van der Waals surface area contributed by atoms with Gasteiger partial charge >= 0.3 is 5.97 Å². The van der Waals surface area contributed by atoms with Gasteiger partial charge in [0, 0.05) is 18.7 Å². The summed E-state index contributed by atoms with van der Waals surface area (Å²) >= 11 is 0. The molecule has 0 saturated carbocycles. The Kier molecular flexibility index (Phi) is 8.26. The zero-order chi connectivity index (χ0) is 24.7. The molecule has 11 heteroatoms. The van der Waals surface area contributed by atoms with Crippen LogP contribution in [0.2, 0.25) is 0 Å². The molecule has 2 aromatic rings. The fourth-order valence-corrected chi connectivity index (χ4v) is 4.66. The highest BCUT2D eigenvalue weighted by Crippen LogP contribution is 2.18. The highest BCUT2D eigenvalue weighted by molar-refractivity contribution is 7.89. The molecule has 180 valence electrons. The molecule has 10 nitrogen and oxygen atoms in total. The molecular formula is C23H25N3O7S. The van der Waals surface area contributed by atoms with Crippen LogP contribution in [0, 0.1) is 6.92 Å². The zero-order valence-corrected chi connectivity index (χ0v) is 19.6. The van der Waals surface area contributed by atoms with Crippen LogP contribution in [0.25, 0.3) is 0 Å². The summed E-state index contributed by atoms with van der Waals surface area (Å²) in [5.41, 5.74) is 4.08. The molecule has 0 aromatic heterocycles. The van der Waals surface area contributed by atoms with Crippen LogP contribution in [0.1, 0.15) is 27.9 Å². The number of hydrogen-bond donors (Lipinski definition) is 1. The number of nitrogens with zero attached hydrogens (tertiary/aromatic N) is 2. The van der Waals surface area contributed by atoms with Gasteiger partial charge in [0.2, 0.25) is 15.8 Å². The Bertz CT molecular complexity index is 1200. The van der Waals surface area contributed by atoms with Crippen molar-refractivity contribution < 1.29 is 32.3 Å². The number of carbonyl (C=O) groups excluding carboxylic acids is 3. The van der Waals surface area contributed by atoms with Crippen LogP contribution in [0.4, 0.5) is 0 Å². The van der Waals surface area contributed by atoms with Crippen molar-refractivity contribution in [1.29, 1.82) is 0 Å². The van der Waals surface area contributed by atoms with Gasteiger partial charge in [0.05, 0.1) is 37.4 Å². The average Bonchev–Trinajstić information content (AvgIpc) is 2.86. The number of esters is 1. The van der Waals surface area contributed by atoms with Gasteiger partial charge in [-0.05, 0) is 30.7 Å². The van der Waals surface area contributed by atoms with Crippen LogP contribution in [0.5, 0.6) is 0 Å². The number of hydrazone groups is 1. The minimum absolute atomic E-state index is 0.0225. The van der Waals surface area contributed by atoms with Crippen LogP contribution in [-0.2, 0) is 29.1 Å². The first-order valence-electron chi connectivity index (χ1n) is 10.5. The molecule has 0 atom stereocenters. The lowest BCUT2D eigenvalue weighted by molar-refractivity contribution is -0.151. The first kappa shape index (κ1) is 25.2. The molecule has 1 fully saturated rings. The van der Waals surface area contributed by atoms with Crippen molar-refractivity contribution in [1.82, 2.24) is 9.73 Å². The third-order valence-electron chi connectivity index (χ3n) is 5.12. The lowest BCUT2D eigenvalue weighted by atomic mass is 10.0. The molecule has 0 aliphatic carbocycles. The Hall–Kier alpha value is -3.41. The van der Waals surface area contributed by atoms with E-state index in [4.69, 9.17) is 4.74 Å². The minimum Gasteiger partial charge on any atom is -0.463 e. The molecule has 1 amide bonds. The Morgan fingerprint density at radius 3 is 2.38 bits per heavy atom. The van der Waals surface area contributed by atoms with Crippen molar-refractivity contribution in [2.75, 3.05) is 33.4 Å². The third kappa shape index (κ3) is 6.13. The van der Waals surface area contributed by atoms with Crippen molar-refractivity contribution >= 4 is 33.4 Å². The molecule has 3 rings (SSSR count). The molecule has 1 N–H and O–H groups in total. The fourth-order valence-electron chi connectivity index (χ4n) is 3.21. The molecule has 34 heavy (non-hydrogen) atoms. The summed E-state index contributed by atoms with van der Waals surface area (Å²) in [6.45, 7) is 2.97. The van der Waals surface area contributed by atoms with Crippen molar-refractivity contribution in [3.63, 3.8) is 0 Å². The summed E-state index contributed by atoms with van der Waals surface area (Å²) in [4.78, 5) is 36.4. The summed E-state index contributed by atoms with van der Waals surface area (Å²) in [6, 6.07) is 12.6. The molecule has 1 aliphatic heterocycles. The number of methoxy groups -OCH3 is 1. The van der Waals surface area contributed by atoms with Gasteiger partial charge in [0.15, 0.2) is 0 Å². The monoisotopic (exact) mass is 487 g/mol. The SMILES string of the molecule is COC(=O)C(=O)C/C(=N/NC(=O)c1cccc(S(=O)(=O)N2CCOCC2)c1)c1ccc(C)cc1. The molecule has 0 spiro atoms. The van der Waals surface area contributed by atoms with Crippen LogP contribution >= 0.6 is 0 Å². The number of hydrogen-bond acceptors (Lipinski definition) is 8. The quantitative estimate of drug-likeness (QED) is 0.257. The molecule has 1 aliphatic rings. The van der Waals surface area contributed by atoms with Crippen LogP contribution in [-0.4, -0.2) is 69.5 Å². The van der Waals surface area contributed by atoms with E-state index in [1.807, 2.05) is 6.92 Å². The van der Waals surface area contributed by atoms with E-state index in [9.17, 15) is 22.8 Å². The number of morpholine rings is 1. The number of sulfonamides is 1. The maximum absolute atomic E-state index is 12.9. The van der Waals surface area contributed by atoms with Gasteiger partial charge in [-0.1, -0.05) is 35.9 Å². The number of aryl methyl sites for hydroxylation is 1. The fraction of sp³-hybridized carbons (Fsp3) is 0.304. The Labute approximate surface area is 197 Å². The number of nitrogens with one attached hydrogen (secondary N) is 1. The van der Waals surface area contributed by atoms with Gasteiger partial charge < -0.3 is 9.47 Å². The van der Waals surface area contributed by atoms with Gasteiger partial charge in [-0.3, -0.25) is 9.59 Å². The largest absolute Gasteiger partial charge is 0.463 e. The highest BCUT2D eigenvalue weighted by atomic mass is 32.2. The summed E-state index contributed by atoms with van der Waals surface area (Å²) < 4.78 is 36.7. The van der Waals surface area contributed by atoms with Crippen LogP contribution in [0.3, 0.4) is 0 Å². The van der Waals surface area contributed by atoms with Gasteiger partial charge in [-0.25, -0.2) is 18.6 Å². The third-order valence-corrected chi connectivity index (χ3v) is 7.02. The number of benzene rings is 2.